The standard InChI is InChI=1S/C15H22N2O/c1-11-7-12(2)9-13(8-11)15(18)14-10-16(3)5-6-17(14)4/h7-9,14H,5-6,10H2,1-4H3. The number of nitrogens with zero attached hydrogens (tertiary/aromatic N) is 2. The largest absolute Gasteiger partial charge is 0.303 e. The lowest BCUT2D eigenvalue weighted by Gasteiger charge is -2.36. The molecular weight excluding hydrogens is 224 g/mol. The van der Waals surface area contributed by atoms with E-state index in [1.165, 1.54) is 0 Å². The lowest BCUT2D eigenvalue weighted by molar-refractivity contribution is 0.0686. The quantitative estimate of drug-likeness (QED) is 0.743. The van der Waals surface area contributed by atoms with Crippen LogP contribution in [0, 0.1) is 13.8 Å². The van der Waals surface area contributed by atoms with Gasteiger partial charge in [0.25, 0.3) is 0 Å². The lowest BCUT2D eigenvalue weighted by Crippen LogP contribution is -2.53. The van der Waals surface area contributed by atoms with Gasteiger partial charge in [-0.05, 0) is 40.1 Å². The van der Waals surface area contributed by atoms with Crippen molar-refractivity contribution in [3.8, 4) is 0 Å². The van der Waals surface area contributed by atoms with Gasteiger partial charge in [0, 0.05) is 25.2 Å². The van der Waals surface area contributed by atoms with Crippen LogP contribution in [0.3, 0.4) is 0 Å². The molecule has 2 rings (SSSR count). The molecule has 1 aromatic carbocycles. The van der Waals surface area contributed by atoms with Gasteiger partial charge in [0.1, 0.15) is 0 Å². The third kappa shape index (κ3) is 2.79. The molecule has 0 N–H and O–H groups in total. The fraction of sp³-hybridized carbons (Fsp3) is 0.533. The minimum absolute atomic E-state index is 0.00931. The molecule has 0 bridgehead atoms. The molecular formula is C15H22N2O. The zero-order valence-electron chi connectivity index (χ0n) is 11.7. The van der Waals surface area contributed by atoms with Crippen LogP contribution < -0.4 is 0 Å². The maximum atomic E-state index is 12.6. The highest BCUT2D eigenvalue weighted by molar-refractivity contribution is 6.00. The molecule has 0 spiro atoms. The van der Waals surface area contributed by atoms with E-state index in [0.29, 0.717) is 0 Å². The van der Waals surface area contributed by atoms with Crippen LogP contribution in [0.5, 0.6) is 0 Å². The maximum absolute atomic E-state index is 12.6. The molecule has 1 saturated heterocycles. The summed E-state index contributed by atoms with van der Waals surface area (Å²) in [4.78, 5) is 17.0. The van der Waals surface area contributed by atoms with Gasteiger partial charge in [0.2, 0.25) is 0 Å². The number of hydrogen-bond donors (Lipinski definition) is 0. The predicted octanol–water partition coefficient (Wildman–Crippen LogP) is 1.73. The summed E-state index contributed by atoms with van der Waals surface area (Å²) in [5.74, 6) is 0.246. The average Bonchev–Trinajstić information content (AvgIpc) is 2.30. The lowest BCUT2D eigenvalue weighted by atomic mass is 9.98. The summed E-state index contributed by atoms with van der Waals surface area (Å²) in [5.41, 5.74) is 3.16. The first-order chi connectivity index (χ1) is 8.47. The minimum Gasteiger partial charge on any atom is -0.303 e. The molecule has 0 aromatic heterocycles. The van der Waals surface area contributed by atoms with Gasteiger partial charge in [-0.3, -0.25) is 9.69 Å². The number of piperazine rings is 1. The summed E-state index contributed by atoms with van der Waals surface area (Å²) in [5, 5.41) is 0. The smallest absolute Gasteiger partial charge is 0.181 e. The Morgan fingerprint density at radius 2 is 1.72 bits per heavy atom. The van der Waals surface area contributed by atoms with Crippen molar-refractivity contribution in [2.75, 3.05) is 33.7 Å². The monoisotopic (exact) mass is 246 g/mol. The van der Waals surface area contributed by atoms with Crippen molar-refractivity contribution >= 4 is 5.78 Å². The number of hydrogen-bond acceptors (Lipinski definition) is 3. The molecule has 1 aliphatic heterocycles. The Bertz CT molecular complexity index is 436. The van der Waals surface area contributed by atoms with Gasteiger partial charge >= 0.3 is 0 Å². The Kier molecular flexibility index (Phi) is 3.83. The minimum atomic E-state index is -0.00931. The molecule has 98 valence electrons. The molecule has 0 aliphatic carbocycles. The number of ketones is 1. The van der Waals surface area contributed by atoms with Gasteiger partial charge < -0.3 is 4.90 Å². The summed E-state index contributed by atoms with van der Waals surface area (Å²) in [6.45, 7) is 6.90. The van der Waals surface area contributed by atoms with E-state index in [1.54, 1.807) is 0 Å². The van der Waals surface area contributed by atoms with E-state index in [1.807, 2.05) is 33.0 Å². The van der Waals surface area contributed by atoms with Crippen LogP contribution in [0.25, 0.3) is 0 Å². The SMILES string of the molecule is Cc1cc(C)cc(C(=O)C2CN(C)CCN2C)c1. The molecule has 3 heteroatoms. The number of carbonyl (C=O) groups is 1. The van der Waals surface area contributed by atoms with Gasteiger partial charge in [-0.15, -0.1) is 0 Å². The van der Waals surface area contributed by atoms with Crippen molar-refractivity contribution in [1.82, 2.24) is 9.80 Å². The topological polar surface area (TPSA) is 23.6 Å². The molecule has 3 nitrogen and oxygen atoms in total. The summed E-state index contributed by atoms with van der Waals surface area (Å²) in [6, 6.07) is 6.09. The van der Waals surface area contributed by atoms with Gasteiger partial charge in [0.05, 0.1) is 6.04 Å². The maximum Gasteiger partial charge on any atom is 0.181 e. The first-order valence-corrected chi connectivity index (χ1v) is 6.48. The highest BCUT2D eigenvalue weighted by Gasteiger charge is 2.29. The summed E-state index contributed by atoms with van der Waals surface area (Å²) in [6.07, 6.45) is 0. The van der Waals surface area contributed by atoms with Gasteiger partial charge in [-0.2, -0.15) is 0 Å². The number of benzene rings is 1. The van der Waals surface area contributed by atoms with Crippen LogP contribution in [0.1, 0.15) is 21.5 Å². The van der Waals surface area contributed by atoms with Crippen LogP contribution in [0.2, 0.25) is 0 Å². The van der Waals surface area contributed by atoms with E-state index in [0.717, 1.165) is 36.3 Å². The van der Waals surface area contributed by atoms with Gasteiger partial charge in [0.15, 0.2) is 5.78 Å². The molecule has 1 fully saturated rings. The van der Waals surface area contributed by atoms with Gasteiger partial charge in [-0.25, -0.2) is 0 Å². The van der Waals surface area contributed by atoms with Crippen molar-refractivity contribution in [3.63, 3.8) is 0 Å². The van der Waals surface area contributed by atoms with E-state index in [9.17, 15) is 4.79 Å². The predicted molar refractivity (Wildman–Crippen MR) is 74.2 cm³/mol. The number of Topliss-reactive ketones (excluding diaryl/α,β-unsaturated/α-hetero) is 1. The van der Waals surface area contributed by atoms with Gasteiger partial charge in [-0.1, -0.05) is 17.2 Å². The number of aryl methyl sites for hydroxylation is 2. The van der Waals surface area contributed by atoms with E-state index in [4.69, 9.17) is 0 Å². The molecule has 0 radical (unpaired) electrons. The summed E-state index contributed by atoms with van der Waals surface area (Å²) in [7, 11) is 4.12. The highest BCUT2D eigenvalue weighted by atomic mass is 16.1. The summed E-state index contributed by atoms with van der Waals surface area (Å²) >= 11 is 0. The normalized spacial score (nSPS) is 22.1. The Labute approximate surface area is 109 Å². The first-order valence-electron chi connectivity index (χ1n) is 6.48. The Morgan fingerprint density at radius 1 is 1.11 bits per heavy atom. The van der Waals surface area contributed by atoms with Crippen LogP contribution in [0.4, 0.5) is 0 Å². The second kappa shape index (κ2) is 5.21. The third-order valence-corrected chi connectivity index (χ3v) is 3.66. The first kappa shape index (κ1) is 13.2. The molecule has 0 amide bonds. The molecule has 1 heterocycles. The molecule has 1 aliphatic rings. The molecule has 18 heavy (non-hydrogen) atoms. The fourth-order valence-electron chi connectivity index (χ4n) is 2.60. The number of carbonyl (C=O) groups excluding carboxylic acids is 1. The Balaban J connectivity index is 2.24. The molecule has 1 aromatic rings. The third-order valence-electron chi connectivity index (χ3n) is 3.66. The molecule has 1 unspecified atom stereocenters. The van der Waals surface area contributed by atoms with Crippen LogP contribution in [0.15, 0.2) is 18.2 Å². The number of likely N-dealkylation sites (N-methyl/N-ethyl adjacent to an activating group) is 2. The zero-order chi connectivity index (χ0) is 13.3. The van der Waals surface area contributed by atoms with Crippen molar-refractivity contribution in [1.29, 1.82) is 0 Å². The number of rotatable bonds is 2. The highest BCUT2D eigenvalue weighted by Crippen LogP contribution is 2.15. The Morgan fingerprint density at radius 3 is 2.33 bits per heavy atom. The van der Waals surface area contributed by atoms with Crippen LogP contribution in [-0.2, 0) is 0 Å². The van der Waals surface area contributed by atoms with E-state index in [2.05, 4.69) is 22.9 Å². The Hall–Kier alpha value is -1.19. The molecule has 1 atom stereocenters. The van der Waals surface area contributed by atoms with E-state index < -0.39 is 0 Å². The van der Waals surface area contributed by atoms with Crippen molar-refractivity contribution in [2.45, 2.75) is 19.9 Å². The van der Waals surface area contributed by atoms with E-state index in [-0.39, 0.29) is 11.8 Å². The average molecular weight is 246 g/mol. The van der Waals surface area contributed by atoms with E-state index >= 15 is 0 Å². The van der Waals surface area contributed by atoms with Crippen molar-refractivity contribution in [3.05, 3.63) is 34.9 Å². The second-order valence-electron chi connectivity index (χ2n) is 5.50. The van der Waals surface area contributed by atoms with Crippen molar-refractivity contribution in [2.24, 2.45) is 0 Å². The zero-order valence-corrected chi connectivity index (χ0v) is 11.7. The van der Waals surface area contributed by atoms with Crippen molar-refractivity contribution < 1.29 is 4.79 Å². The van der Waals surface area contributed by atoms with Crippen LogP contribution >= 0.6 is 0 Å². The fourth-order valence-corrected chi connectivity index (χ4v) is 2.60. The van der Waals surface area contributed by atoms with Crippen LogP contribution in [-0.4, -0.2) is 55.4 Å². The molecule has 0 saturated carbocycles. The summed E-state index contributed by atoms with van der Waals surface area (Å²) < 4.78 is 0. The second-order valence-corrected chi connectivity index (χ2v) is 5.50.